The van der Waals surface area contributed by atoms with Gasteiger partial charge in [-0.1, -0.05) is 25.0 Å². The van der Waals surface area contributed by atoms with E-state index in [4.69, 9.17) is 0 Å². The first-order valence-corrected chi connectivity index (χ1v) is 6.73. The first kappa shape index (κ1) is 12.2. The van der Waals surface area contributed by atoms with Crippen LogP contribution in [0.5, 0.6) is 0 Å². The van der Waals surface area contributed by atoms with Crippen molar-refractivity contribution in [3.63, 3.8) is 0 Å². The average Bonchev–Trinajstić information content (AvgIpc) is 2.89. The van der Waals surface area contributed by atoms with Crippen LogP contribution in [-0.4, -0.2) is 16.1 Å². The number of rotatable bonds is 2. The van der Waals surface area contributed by atoms with Crippen molar-refractivity contribution in [2.24, 2.45) is 0 Å². The molecule has 1 fully saturated rings. The minimum Gasteiger partial charge on any atom is -0.481 e. The van der Waals surface area contributed by atoms with Crippen molar-refractivity contribution >= 4 is 16.7 Å². The molecule has 3 heteroatoms. The summed E-state index contributed by atoms with van der Waals surface area (Å²) in [6.45, 7) is 1.98. The SMILES string of the molecule is Cc1nccc2cc(C3(C(=O)O)CCCC3)ccc12. The number of carboxylic acids is 1. The Labute approximate surface area is 112 Å². The highest BCUT2D eigenvalue weighted by Gasteiger charge is 2.42. The van der Waals surface area contributed by atoms with Gasteiger partial charge in [-0.2, -0.15) is 0 Å². The van der Waals surface area contributed by atoms with E-state index in [-0.39, 0.29) is 0 Å². The Hall–Kier alpha value is -1.90. The lowest BCUT2D eigenvalue weighted by Gasteiger charge is -2.24. The smallest absolute Gasteiger partial charge is 0.314 e. The average molecular weight is 255 g/mol. The minimum absolute atomic E-state index is 0.675. The minimum atomic E-state index is -0.685. The molecule has 0 bridgehead atoms. The number of aromatic nitrogens is 1. The summed E-state index contributed by atoms with van der Waals surface area (Å²) >= 11 is 0. The fraction of sp³-hybridized carbons (Fsp3) is 0.375. The van der Waals surface area contributed by atoms with Crippen molar-refractivity contribution in [3.8, 4) is 0 Å². The highest BCUT2D eigenvalue weighted by Crippen LogP contribution is 2.42. The zero-order valence-corrected chi connectivity index (χ0v) is 11.0. The van der Waals surface area contributed by atoms with Gasteiger partial charge in [-0.05, 0) is 42.8 Å². The number of benzene rings is 1. The van der Waals surface area contributed by atoms with Gasteiger partial charge in [0, 0.05) is 17.3 Å². The molecule has 0 amide bonds. The molecule has 1 heterocycles. The Morgan fingerprint density at radius 1 is 1.26 bits per heavy atom. The lowest BCUT2D eigenvalue weighted by atomic mass is 9.78. The molecule has 1 aliphatic carbocycles. The predicted molar refractivity (Wildman–Crippen MR) is 74.3 cm³/mol. The van der Waals surface area contributed by atoms with E-state index in [1.807, 2.05) is 31.2 Å². The van der Waals surface area contributed by atoms with E-state index in [0.717, 1.165) is 47.7 Å². The molecule has 98 valence electrons. The van der Waals surface area contributed by atoms with Crippen molar-refractivity contribution in [1.82, 2.24) is 4.98 Å². The summed E-state index contributed by atoms with van der Waals surface area (Å²) < 4.78 is 0. The molecular weight excluding hydrogens is 238 g/mol. The number of fused-ring (bicyclic) bond motifs is 1. The molecule has 2 aromatic rings. The molecule has 0 spiro atoms. The molecule has 1 N–H and O–H groups in total. The fourth-order valence-electron chi connectivity index (χ4n) is 3.23. The van der Waals surface area contributed by atoms with Gasteiger partial charge in [0.05, 0.1) is 5.41 Å². The first-order valence-electron chi connectivity index (χ1n) is 6.73. The third-order valence-electron chi connectivity index (χ3n) is 4.38. The monoisotopic (exact) mass is 255 g/mol. The van der Waals surface area contributed by atoms with Crippen LogP contribution >= 0.6 is 0 Å². The summed E-state index contributed by atoms with van der Waals surface area (Å²) in [5.41, 5.74) is 1.25. The summed E-state index contributed by atoms with van der Waals surface area (Å²) in [5.74, 6) is -0.685. The zero-order valence-electron chi connectivity index (χ0n) is 11.0. The molecule has 1 saturated carbocycles. The lowest BCUT2D eigenvalue weighted by Crippen LogP contribution is -2.32. The molecule has 0 unspecified atom stereocenters. The van der Waals surface area contributed by atoms with Crippen molar-refractivity contribution in [3.05, 3.63) is 41.7 Å². The summed E-state index contributed by atoms with van der Waals surface area (Å²) in [5, 5.41) is 11.8. The maximum absolute atomic E-state index is 11.7. The van der Waals surface area contributed by atoms with Gasteiger partial charge in [-0.3, -0.25) is 9.78 Å². The summed E-state index contributed by atoms with van der Waals surface area (Å²) in [7, 11) is 0. The Morgan fingerprint density at radius 3 is 2.68 bits per heavy atom. The molecule has 0 aliphatic heterocycles. The number of aliphatic carboxylic acids is 1. The Morgan fingerprint density at radius 2 is 2.00 bits per heavy atom. The molecule has 0 saturated heterocycles. The lowest BCUT2D eigenvalue weighted by molar-refractivity contribution is -0.143. The van der Waals surface area contributed by atoms with Crippen LogP contribution in [0.2, 0.25) is 0 Å². The quantitative estimate of drug-likeness (QED) is 0.894. The normalized spacial score (nSPS) is 17.7. The molecule has 1 aromatic carbocycles. The Kier molecular flexibility index (Phi) is 2.77. The molecule has 19 heavy (non-hydrogen) atoms. The van der Waals surface area contributed by atoms with E-state index in [0.29, 0.717) is 0 Å². The third-order valence-corrected chi connectivity index (χ3v) is 4.38. The Balaban J connectivity index is 2.17. The van der Waals surface area contributed by atoms with Gasteiger partial charge in [-0.15, -0.1) is 0 Å². The number of nitrogens with zero attached hydrogens (tertiary/aromatic N) is 1. The van der Waals surface area contributed by atoms with E-state index in [1.54, 1.807) is 6.20 Å². The standard InChI is InChI=1S/C16H17NO2/c1-11-14-5-4-13(10-12(14)6-9-17-11)16(15(18)19)7-2-3-8-16/h4-6,9-10H,2-3,7-8H2,1H3,(H,18,19). The fourth-order valence-corrected chi connectivity index (χ4v) is 3.23. The molecule has 3 nitrogen and oxygen atoms in total. The number of aryl methyl sites for hydroxylation is 1. The molecular formula is C16H17NO2. The molecule has 1 aliphatic rings. The van der Waals surface area contributed by atoms with Gasteiger partial charge in [0.1, 0.15) is 0 Å². The van der Waals surface area contributed by atoms with Gasteiger partial charge in [0.2, 0.25) is 0 Å². The van der Waals surface area contributed by atoms with Crippen molar-refractivity contribution < 1.29 is 9.90 Å². The second-order valence-corrected chi connectivity index (χ2v) is 5.43. The summed E-state index contributed by atoms with van der Waals surface area (Å²) in [6, 6.07) is 7.96. The number of hydrogen-bond acceptors (Lipinski definition) is 2. The molecule has 0 atom stereocenters. The summed E-state index contributed by atoms with van der Waals surface area (Å²) in [6.07, 6.45) is 5.28. The highest BCUT2D eigenvalue weighted by atomic mass is 16.4. The van der Waals surface area contributed by atoms with E-state index >= 15 is 0 Å². The van der Waals surface area contributed by atoms with Gasteiger partial charge in [-0.25, -0.2) is 0 Å². The van der Waals surface area contributed by atoms with E-state index in [1.165, 1.54) is 0 Å². The second kappa shape index (κ2) is 4.34. The van der Waals surface area contributed by atoms with Crippen LogP contribution in [0, 0.1) is 6.92 Å². The van der Waals surface area contributed by atoms with E-state index < -0.39 is 11.4 Å². The second-order valence-electron chi connectivity index (χ2n) is 5.43. The van der Waals surface area contributed by atoms with Crippen molar-refractivity contribution in [2.75, 3.05) is 0 Å². The number of carboxylic acid groups (broad SMARTS) is 1. The Bertz CT molecular complexity index is 642. The number of carbonyl (C=O) groups is 1. The maximum Gasteiger partial charge on any atom is 0.314 e. The van der Waals surface area contributed by atoms with Crippen LogP contribution in [0.3, 0.4) is 0 Å². The van der Waals surface area contributed by atoms with Gasteiger partial charge in [0.15, 0.2) is 0 Å². The predicted octanol–water partition coefficient (Wildman–Crippen LogP) is 3.44. The van der Waals surface area contributed by atoms with Gasteiger partial charge < -0.3 is 5.11 Å². The van der Waals surface area contributed by atoms with Crippen LogP contribution in [-0.2, 0) is 10.2 Å². The topological polar surface area (TPSA) is 50.2 Å². The van der Waals surface area contributed by atoms with Crippen LogP contribution in [0.4, 0.5) is 0 Å². The number of pyridine rings is 1. The third kappa shape index (κ3) is 1.81. The van der Waals surface area contributed by atoms with Crippen LogP contribution in [0.15, 0.2) is 30.5 Å². The van der Waals surface area contributed by atoms with Gasteiger partial charge >= 0.3 is 5.97 Å². The van der Waals surface area contributed by atoms with E-state index in [9.17, 15) is 9.90 Å². The number of hydrogen-bond donors (Lipinski definition) is 1. The van der Waals surface area contributed by atoms with Crippen molar-refractivity contribution in [1.29, 1.82) is 0 Å². The molecule has 0 radical (unpaired) electrons. The van der Waals surface area contributed by atoms with Gasteiger partial charge in [0.25, 0.3) is 0 Å². The molecule has 3 rings (SSSR count). The van der Waals surface area contributed by atoms with Crippen LogP contribution < -0.4 is 0 Å². The highest BCUT2D eigenvalue weighted by molar-refractivity contribution is 5.88. The maximum atomic E-state index is 11.7. The molecule has 1 aromatic heterocycles. The van der Waals surface area contributed by atoms with E-state index in [2.05, 4.69) is 4.98 Å². The largest absolute Gasteiger partial charge is 0.481 e. The summed E-state index contributed by atoms with van der Waals surface area (Å²) in [4.78, 5) is 16.0. The van der Waals surface area contributed by atoms with Crippen LogP contribution in [0.25, 0.3) is 10.8 Å². The first-order chi connectivity index (χ1) is 9.13. The zero-order chi connectivity index (χ0) is 13.5. The van der Waals surface area contributed by atoms with Crippen molar-refractivity contribution in [2.45, 2.75) is 38.0 Å². The van der Waals surface area contributed by atoms with Crippen LogP contribution in [0.1, 0.15) is 36.9 Å².